The molecule has 0 unspecified atom stereocenters. The van der Waals surface area contributed by atoms with Crippen LogP contribution in [-0.4, -0.2) is 54.7 Å². The van der Waals surface area contributed by atoms with Crippen LogP contribution in [0.3, 0.4) is 0 Å². The first-order valence-corrected chi connectivity index (χ1v) is 11.5. The minimum absolute atomic E-state index is 0.0635. The quantitative estimate of drug-likeness (QED) is 0.754. The van der Waals surface area contributed by atoms with Gasteiger partial charge in [0.2, 0.25) is 10.0 Å². The zero-order chi connectivity index (χ0) is 20.5. The summed E-state index contributed by atoms with van der Waals surface area (Å²) in [5.74, 6) is -0.319. The molecular weight excluding hydrogens is 401 g/mol. The molecule has 1 amide bonds. The molecule has 0 spiro atoms. The van der Waals surface area contributed by atoms with Gasteiger partial charge in [0.15, 0.2) is 0 Å². The van der Waals surface area contributed by atoms with E-state index in [0.29, 0.717) is 30.9 Å². The van der Waals surface area contributed by atoms with Gasteiger partial charge in [0, 0.05) is 32.1 Å². The van der Waals surface area contributed by atoms with E-state index < -0.39 is 15.8 Å². The van der Waals surface area contributed by atoms with Gasteiger partial charge >= 0.3 is 0 Å². The Balaban J connectivity index is 1.74. The van der Waals surface area contributed by atoms with E-state index in [4.69, 9.17) is 0 Å². The third-order valence-corrected chi connectivity index (χ3v) is 8.05. The van der Waals surface area contributed by atoms with Gasteiger partial charge in [-0.1, -0.05) is 13.8 Å². The van der Waals surface area contributed by atoms with Gasteiger partial charge in [-0.3, -0.25) is 4.79 Å². The van der Waals surface area contributed by atoms with Crippen LogP contribution >= 0.6 is 11.3 Å². The zero-order valence-corrected chi connectivity index (χ0v) is 17.8. The summed E-state index contributed by atoms with van der Waals surface area (Å²) >= 11 is 1.41. The number of thiazole rings is 1. The number of hydrogen-bond acceptors (Lipinski definition) is 5. The molecule has 0 radical (unpaired) electrons. The number of halogens is 1. The van der Waals surface area contributed by atoms with Crippen molar-refractivity contribution in [3.8, 4) is 0 Å². The Hall–Kier alpha value is -1.84. The van der Waals surface area contributed by atoms with Crippen molar-refractivity contribution >= 4 is 27.3 Å². The molecule has 2 heterocycles. The van der Waals surface area contributed by atoms with Crippen LogP contribution in [0.15, 0.2) is 29.2 Å². The summed E-state index contributed by atoms with van der Waals surface area (Å²) in [6.07, 6.45) is 0.543. The lowest BCUT2D eigenvalue weighted by molar-refractivity contribution is 0.0768. The second-order valence-electron chi connectivity index (χ2n) is 7.13. The molecule has 0 N–H and O–H groups in total. The summed E-state index contributed by atoms with van der Waals surface area (Å²) in [7, 11) is -3.71. The first-order chi connectivity index (χ1) is 13.2. The second-order valence-corrected chi connectivity index (χ2v) is 10.1. The summed E-state index contributed by atoms with van der Waals surface area (Å²) in [6, 6.07) is 4.82. The Labute approximate surface area is 169 Å². The summed E-state index contributed by atoms with van der Waals surface area (Å²) in [4.78, 5) is 19.8. The number of sulfonamides is 1. The van der Waals surface area contributed by atoms with Crippen molar-refractivity contribution in [2.24, 2.45) is 0 Å². The molecule has 1 aromatic carbocycles. The minimum atomic E-state index is -3.71. The number of aromatic nitrogens is 1. The molecule has 0 aliphatic carbocycles. The Morgan fingerprint density at radius 1 is 1.14 bits per heavy atom. The molecule has 3 rings (SSSR count). The molecular formula is C19H24FN3O3S2. The van der Waals surface area contributed by atoms with Crippen LogP contribution in [0.2, 0.25) is 0 Å². The van der Waals surface area contributed by atoms with Crippen LogP contribution < -0.4 is 0 Å². The standard InChI is InChI=1S/C19H24FN3O3S2/c1-13(2)18-21-14(3)17(27-18)19(24)22-9-4-10-23(12-11-22)28(25,26)16-7-5-15(20)6-8-16/h5-8,13H,4,9-12H2,1-3H3. The van der Waals surface area contributed by atoms with Gasteiger partial charge in [0.25, 0.3) is 5.91 Å². The molecule has 0 atom stereocenters. The molecule has 0 bridgehead atoms. The molecule has 9 heteroatoms. The van der Waals surface area contributed by atoms with Gasteiger partial charge in [-0.15, -0.1) is 11.3 Å². The van der Waals surface area contributed by atoms with Crippen LogP contribution in [0.5, 0.6) is 0 Å². The van der Waals surface area contributed by atoms with Crippen LogP contribution in [0.4, 0.5) is 4.39 Å². The zero-order valence-electron chi connectivity index (χ0n) is 16.2. The molecule has 1 fully saturated rings. The Bertz CT molecular complexity index is 955. The highest BCUT2D eigenvalue weighted by atomic mass is 32.2. The van der Waals surface area contributed by atoms with Gasteiger partial charge in [-0.25, -0.2) is 17.8 Å². The number of benzene rings is 1. The van der Waals surface area contributed by atoms with Crippen molar-refractivity contribution in [1.29, 1.82) is 0 Å². The normalized spacial score (nSPS) is 16.4. The Morgan fingerprint density at radius 2 is 1.82 bits per heavy atom. The number of carbonyl (C=O) groups is 1. The van der Waals surface area contributed by atoms with E-state index in [1.165, 1.54) is 27.8 Å². The van der Waals surface area contributed by atoms with Crippen molar-refractivity contribution in [1.82, 2.24) is 14.2 Å². The van der Waals surface area contributed by atoms with Gasteiger partial charge < -0.3 is 4.90 Å². The maximum absolute atomic E-state index is 13.1. The number of aryl methyl sites for hydroxylation is 1. The van der Waals surface area contributed by atoms with Gasteiger partial charge in [-0.2, -0.15) is 4.31 Å². The SMILES string of the molecule is Cc1nc(C(C)C)sc1C(=O)N1CCCN(S(=O)(=O)c2ccc(F)cc2)CC1. The molecule has 1 aromatic heterocycles. The molecule has 0 saturated carbocycles. The fourth-order valence-corrected chi connectivity index (χ4v) is 5.61. The Kier molecular flexibility index (Phi) is 6.16. The fourth-order valence-electron chi connectivity index (χ4n) is 3.10. The number of rotatable bonds is 4. The smallest absolute Gasteiger partial charge is 0.265 e. The molecule has 1 aliphatic rings. The average Bonchev–Trinajstić information content (AvgIpc) is 2.88. The molecule has 1 aliphatic heterocycles. The summed E-state index contributed by atoms with van der Waals surface area (Å²) in [5.41, 5.74) is 0.721. The van der Waals surface area contributed by atoms with Crippen molar-refractivity contribution < 1.29 is 17.6 Å². The lowest BCUT2D eigenvalue weighted by atomic mass is 10.2. The number of carbonyl (C=O) groups excluding carboxylic acids is 1. The van der Waals surface area contributed by atoms with E-state index in [1.807, 2.05) is 20.8 Å². The summed E-state index contributed by atoms with van der Waals surface area (Å²) in [5, 5.41) is 0.927. The number of hydrogen-bond donors (Lipinski definition) is 0. The minimum Gasteiger partial charge on any atom is -0.337 e. The highest BCUT2D eigenvalue weighted by molar-refractivity contribution is 7.89. The topological polar surface area (TPSA) is 70.6 Å². The lowest BCUT2D eigenvalue weighted by Gasteiger charge is -2.21. The molecule has 28 heavy (non-hydrogen) atoms. The van der Waals surface area contributed by atoms with Crippen molar-refractivity contribution in [2.45, 2.75) is 38.0 Å². The van der Waals surface area contributed by atoms with Crippen LogP contribution in [0.1, 0.15) is 46.6 Å². The van der Waals surface area contributed by atoms with E-state index in [2.05, 4.69) is 4.98 Å². The molecule has 2 aromatic rings. The van der Waals surface area contributed by atoms with Gasteiger partial charge in [0.05, 0.1) is 15.6 Å². The number of amides is 1. The molecule has 152 valence electrons. The van der Waals surface area contributed by atoms with Gasteiger partial charge in [0.1, 0.15) is 10.7 Å². The van der Waals surface area contributed by atoms with Crippen molar-refractivity contribution in [2.75, 3.05) is 26.2 Å². The molecule has 1 saturated heterocycles. The lowest BCUT2D eigenvalue weighted by Crippen LogP contribution is -2.37. The average molecular weight is 426 g/mol. The van der Waals surface area contributed by atoms with Crippen molar-refractivity contribution in [3.05, 3.63) is 45.7 Å². The first kappa shape index (κ1) is 20.9. The third-order valence-electron chi connectivity index (χ3n) is 4.69. The second kappa shape index (κ2) is 8.26. The van der Waals surface area contributed by atoms with E-state index in [-0.39, 0.29) is 23.3 Å². The van der Waals surface area contributed by atoms with E-state index >= 15 is 0 Å². The molecule has 6 nitrogen and oxygen atoms in total. The first-order valence-electron chi connectivity index (χ1n) is 9.22. The fraction of sp³-hybridized carbons (Fsp3) is 0.474. The summed E-state index contributed by atoms with van der Waals surface area (Å²) < 4.78 is 40.1. The van der Waals surface area contributed by atoms with E-state index in [9.17, 15) is 17.6 Å². The monoisotopic (exact) mass is 425 g/mol. The van der Waals surface area contributed by atoms with Crippen molar-refractivity contribution in [3.63, 3.8) is 0 Å². The predicted molar refractivity (Wildman–Crippen MR) is 107 cm³/mol. The maximum Gasteiger partial charge on any atom is 0.265 e. The van der Waals surface area contributed by atoms with Crippen LogP contribution in [-0.2, 0) is 10.0 Å². The number of nitrogens with zero attached hydrogens (tertiary/aromatic N) is 3. The van der Waals surface area contributed by atoms with E-state index in [1.54, 1.807) is 4.90 Å². The predicted octanol–water partition coefficient (Wildman–Crippen LogP) is 3.25. The Morgan fingerprint density at radius 3 is 2.43 bits per heavy atom. The highest BCUT2D eigenvalue weighted by Gasteiger charge is 2.30. The van der Waals surface area contributed by atoms with Crippen LogP contribution in [0.25, 0.3) is 0 Å². The highest BCUT2D eigenvalue weighted by Crippen LogP contribution is 2.26. The third kappa shape index (κ3) is 4.26. The van der Waals surface area contributed by atoms with E-state index in [0.717, 1.165) is 22.8 Å². The largest absolute Gasteiger partial charge is 0.337 e. The maximum atomic E-state index is 13.1. The van der Waals surface area contributed by atoms with Crippen LogP contribution in [0, 0.1) is 12.7 Å². The van der Waals surface area contributed by atoms with Gasteiger partial charge in [-0.05, 0) is 37.6 Å². The summed E-state index contributed by atoms with van der Waals surface area (Å²) in [6.45, 7) is 7.24.